The number of methoxy groups -OCH3 is 1. The Kier molecular flexibility index (Phi) is 7.94. The average molecular weight is 494 g/mol. The lowest BCUT2D eigenvalue weighted by Crippen LogP contribution is -2.49. The molecule has 0 unspecified atom stereocenters. The van der Waals surface area contributed by atoms with E-state index >= 15 is 0 Å². The number of nitrogens with zero attached hydrogens (tertiary/aromatic N) is 2. The van der Waals surface area contributed by atoms with E-state index in [2.05, 4.69) is 5.32 Å². The van der Waals surface area contributed by atoms with Crippen LogP contribution in [-0.4, -0.2) is 73.5 Å². The van der Waals surface area contributed by atoms with Crippen LogP contribution in [0.1, 0.15) is 47.4 Å². The highest BCUT2D eigenvalue weighted by molar-refractivity contribution is 6.05. The summed E-state index contributed by atoms with van der Waals surface area (Å²) in [5.74, 6) is 0.203. The number of anilines is 1. The molecule has 192 valence electrons. The molecule has 36 heavy (non-hydrogen) atoms. The van der Waals surface area contributed by atoms with Crippen molar-refractivity contribution in [2.75, 3.05) is 39.2 Å². The van der Waals surface area contributed by atoms with E-state index in [0.29, 0.717) is 35.7 Å². The summed E-state index contributed by atoms with van der Waals surface area (Å²) in [6, 6.07) is 13.8. The van der Waals surface area contributed by atoms with Gasteiger partial charge < -0.3 is 24.6 Å². The molecule has 0 spiro atoms. The molecular weight excluding hydrogens is 458 g/mol. The number of ether oxygens (including phenoxy) is 2. The molecule has 2 aromatic carbocycles. The van der Waals surface area contributed by atoms with Gasteiger partial charge in [0.2, 0.25) is 5.91 Å². The maximum Gasteiger partial charge on any atom is 0.257 e. The first-order valence-electron chi connectivity index (χ1n) is 12.5. The Morgan fingerprint density at radius 3 is 2.44 bits per heavy atom. The Bertz CT molecular complexity index is 1100. The number of amides is 3. The van der Waals surface area contributed by atoms with Gasteiger partial charge in [-0.1, -0.05) is 25.1 Å². The summed E-state index contributed by atoms with van der Waals surface area (Å²) in [5, 5.41) is 2.86. The Hall–Kier alpha value is -3.39. The smallest absolute Gasteiger partial charge is 0.257 e. The minimum atomic E-state index is -0.262. The van der Waals surface area contributed by atoms with Crippen LogP contribution in [0.3, 0.4) is 0 Å². The molecule has 1 aliphatic heterocycles. The zero-order valence-electron chi connectivity index (χ0n) is 21.4. The largest absolute Gasteiger partial charge is 0.491 e. The predicted octanol–water partition coefficient (Wildman–Crippen LogP) is 3.68. The van der Waals surface area contributed by atoms with E-state index < -0.39 is 0 Å². The van der Waals surface area contributed by atoms with Crippen molar-refractivity contribution >= 4 is 23.4 Å². The van der Waals surface area contributed by atoms with Gasteiger partial charge in [-0.2, -0.15) is 0 Å². The maximum atomic E-state index is 13.5. The lowest BCUT2D eigenvalue weighted by Gasteiger charge is -2.36. The van der Waals surface area contributed by atoms with Crippen LogP contribution in [-0.2, 0) is 9.53 Å². The number of hydrogen-bond acceptors (Lipinski definition) is 5. The molecular formula is C28H35N3O5. The second-order valence-corrected chi connectivity index (χ2v) is 9.89. The standard InChI is InChI=1S/C28H35N3O5/c1-18-15-31(27(33)21-10-11-21)19(2)17-36-24-13-12-22(29-26(32)20-8-6-5-7-9-20)14-23(24)28(34)30(3)16-25(18)35-4/h5-9,12-14,18-19,21,25H,10-11,15-17H2,1-4H3,(H,29,32)/t18-,19-,25+/m0/s1. The fraction of sp³-hybridized carbons (Fsp3) is 0.464. The van der Waals surface area contributed by atoms with Gasteiger partial charge in [0.05, 0.1) is 17.7 Å². The van der Waals surface area contributed by atoms with Gasteiger partial charge in [0, 0.05) is 50.3 Å². The monoisotopic (exact) mass is 493 g/mol. The molecule has 0 bridgehead atoms. The SMILES string of the molecule is CO[C@@H]1CN(C)C(=O)c2cc(NC(=O)c3ccccc3)ccc2OC[C@H](C)N(C(=O)C2CC2)C[C@@H]1C. The number of likely N-dealkylation sites (N-methyl/N-ethyl adjacent to an activating group) is 1. The van der Waals surface area contributed by atoms with E-state index in [1.807, 2.05) is 24.8 Å². The number of benzene rings is 2. The summed E-state index contributed by atoms with van der Waals surface area (Å²) in [7, 11) is 3.36. The lowest BCUT2D eigenvalue weighted by molar-refractivity contribution is -0.136. The highest BCUT2D eigenvalue weighted by Crippen LogP contribution is 2.33. The van der Waals surface area contributed by atoms with E-state index in [9.17, 15) is 14.4 Å². The zero-order chi connectivity index (χ0) is 25.8. The number of fused-ring (bicyclic) bond motifs is 1. The highest BCUT2D eigenvalue weighted by atomic mass is 16.5. The van der Waals surface area contributed by atoms with Crippen molar-refractivity contribution in [2.45, 2.75) is 38.8 Å². The van der Waals surface area contributed by atoms with Crippen molar-refractivity contribution in [2.24, 2.45) is 11.8 Å². The minimum Gasteiger partial charge on any atom is -0.491 e. The zero-order valence-corrected chi connectivity index (χ0v) is 21.4. The normalized spacial score (nSPS) is 23.1. The summed E-state index contributed by atoms with van der Waals surface area (Å²) < 4.78 is 11.9. The first-order chi connectivity index (χ1) is 17.3. The Morgan fingerprint density at radius 2 is 1.78 bits per heavy atom. The van der Waals surface area contributed by atoms with Crippen LogP contribution in [0.25, 0.3) is 0 Å². The number of rotatable bonds is 4. The van der Waals surface area contributed by atoms with Crippen LogP contribution in [0.2, 0.25) is 0 Å². The fourth-order valence-corrected chi connectivity index (χ4v) is 4.52. The van der Waals surface area contributed by atoms with E-state index in [-0.39, 0.29) is 48.3 Å². The van der Waals surface area contributed by atoms with Gasteiger partial charge in [-0.3, -0.25) is 14.4 Å². The quantitative estimate of drug-likeness (QED) is 0.702. The van der Waals surface area contributed by atoms with Gasteiger partial charge in [0.25, 0.3) is 11.8 Å². The number of hydrogen-bond donors (Lipinski definition) is 1. The molecule has 3 atom stereocenters. The average Bonchev–Trinajstić information content (AvgIpc) is 3.74. The first kappa shape index (κ1) is 25.7. The lowest BCUT2D eigenvalue weighted by atomic mass is 10.0. The Labute approximate surface area is 212 Å². The van der Waals surface area contributed by atoms with Gasteiger partial charge in [0.1, 0.15) is 12.4 Å². The molecule has 2 aliphatic rings. The van der Waals surface area contributed by atoms with Gasteiger partial charge in [-0.05, 0) is 50.1 Å². The third-order valence-corrected chi connectivity index (χ3v) is 6.95. The second-order valence-electron chi connectivity index (χ2n) is 9.89. The van der Waals surface area contributed by atoms with Crippen molar-refractivity contribution in [3.63, 3.8) is 0 Å². The highest BCUT2D eigenvalue weighted by Gasteiger charge is 2.37. The molecule has 8 nitrogen and oxygen atoms in total. The van der Waals surface area contributed by atoms with Gasteiger partial charge in [-0.15, -0.1) is 0 Å². The van der Waals surface area contributed by atoms with E-state index in [1.165, 1.54) is 0 Å². The van der Waals surface area contributed by atoms with Crippen LogP contribution in [0, 0.1) is 11.8 Å². The van der Waals surface area contributed by atoms with E-state index in [1.54, 1.807) is 61.5 Å². The topological polar surface area (TPSA) is 88.2 Å². The van der Waals surface area contributed by atoms with E-state index in [4.69, 9.17) is 9.47 Å². The number of carbonyl (C=O) groups excluding carboxylic acids is 3. The summed E-state index contributed by atoms with van der Waals surface area (Å²) >= 11 is 0. The number of nitrogens with one attached hydrogen (secondary N) is 1. The first-order valence-corrected chi connectivity index (χ1v) is 12.5. The molecule has 0 aromatic heterocycles. The molecule has 3 amide bonds. The molecule has 0 radical (unpaired) electrons. The van der Waals surface area contributed by atoms with Crippen LogP contribution < -0.4 is 10.1 Å². The van der Waals surface area contributed by atoms with Gasteiger partial charge in [0.15, 0.2) is 0 Å². The summed E-state index contributed by atoms with van der Waals surface area (Å²) in [4.78, 5) is 42.8. The van der Waals surface area contributed by atoms with Crippen molar-refractivity contribution in [1.82, 2.24) is 9.80 Å². The number of carbonyl (C=O) groups is 3. The summed E-state index contributed by atoms with van der Waals surface area (Å²) in [6.45, 7) is 5.17. The van der Waals surface area contributed by atoms with Crippen molar-refractivity contribution in [3.05, 3.63) is 59.7 Å². The molecule has 1 N–H and O–H groups in total. The molecule has 1 fully saturated rings. The third-order valence-electron chi connectivity index (χ3n) is 6.95. The molecule has 1 heterocycles. The molecule has 2 aromatic rings. The third kappa shape index (κ3) is 5.87. The Morgan fingerprint density at radius 1 is 1.06 bits per heavy atom. The van der Waals surface area contributed by atoms with Crippen LogP contribution in [0.4, 0.5) is 5.69 Å². The summed E-state index contributed by atoms with van der Waals surface area (Å²) in [5.41, 5.74) is 1.37. The van der Waals surface area contributed by atoms with Crippen LogP contribution in [0.5, 0.6) is 5.75 Å². The van der Waals surface area contributed by atoms with Crippen LogP contribution in [0.15, 0.2) is 48.5 Å². The molecule has 0 saturated heterocycles. The predicted molar refractivity (Wildman–Crippen MR) is 137 cm³/mol. The molecule has 1 aliphatic carbocycles. The molecule has 8 heteroatoms. The van der Waals surface area contributed by atoms with Crippen molar-refractivity contribution in [1.29, 1.82) is 0 Å². The molecule has 4 rings (SSSR count). The van der Waals surface area contributed by atoms with Crippen molar-refractivity contribution in [3.8, 4) is 5.75 Å². The Balaban J connectivity index is 1.63. The van der Waals surface area contributed by atoms with Crippen molar-refractivity contribution < 1.29 is 23.9 Å². The van der Waals surface area contributed by atoms with Gasteiger partial charge in [-0.25, -0.2) is 0 Å². The fourth-order valence-electron chi connectivity index (χ4n) is 4.52. The molecule has 1 saturated carbocycles. The summed E-state index contributed by atoms with van der Waals surface area (Å²) in [6.07, 6.45) is 1.62. The van der Waals surface area contributed by atoms with Crippen LogP contribution >= 0.6 is 0 Å². The maximum absolute atomic E-state index is 13.5. The second kappa shape index (κ2) is 11.1. The van der Waals surface area contributed by atoms with Gasteiger partial charge >= 0.3 is 0 Å². The minimum absolute atomic E-state index is 0.0193. The van der Waals surface area contributed by atoms with E-state index in [0.717, 1.165) is 12.8 Å².